The Kier molecular flexibility index (Phi) is 4.42. The fourth-order valence-electron chi connectivity index (χ4n) is 4.30. The highest BCUT2D eigenvalue weighted by Crippen LogP contribution is 2.41. The van der Waals surface area contributed by atoms with Gasteiger partial charge >= 0.3 is 0 Å². The second-order valence-corrected chi connectivity index (χ2v) is 7.59. The van der Waals surface area contributed by atoms with Gasteiger partial charge in [-0.3, -0.25) is 9.59 Å². The number of carbonyl (C=O) groups excluding carboxylic acids is 2. The zero-order chi connectivity index (χ0) is 19.0. The van der Waals surface area contributed by atoms with Crippen molar-refractivity contribution in [2.45, 2.75) is 19.4 Å². The normalized spacial score (nSPS) is 22.1. The molecule has 0 aliphatic carbocycles. The standard InChI is InChI=1S/C21H25N3O3/c1-22-10-4-7-18(22)19(25)24-12-9-21(15-24)8-11-23(20(21)26)14-16-5-3-6-17(13-16)27-2/h3-7,10,13H,8-9,11-12,14-15H2,1-2H3/t21-/m0/s1. The summed E-state index contributed by atoms with van der Waals surface area (Å²) in [6.07, 6.45) is 3.43. The predicted octanol–water partition coefficient (Wildman–Crippen LogP) is 2.30. The first-order chi connectivity index (χ1) is 13.0. The van der Waals surface area contributed by atoms with Gasteiger partial charge in [0, 0.05) is 39.4 Å². The van der Waals surface area contributed by atoms with Gasteiger partial charge in [-0.05, 0) is 42.7 Å². The van der Waals surface area contributed by atoms with Crippen molar-refractivity contribution in [3.8, 4) is 5.75 Å². The minimum absolute atomic E-state index is 0.0124. The fourth-order valence-corrected chi connectivity index (χ4v) is 4.30. The molecule has 2 aromatic rings. The molecular formula is C21H25N3O3. The highest BCUT2D eigenvalue weighted by molar-refractivity contribution is 5.94. The van der Waals surface area contributed by atoms with Crippen LogP contribution in [0.15, 0.2) is 42.6 Å². The molecule has 1 aromatic heterocycles. The van der Waals surface area contributed by atoms with Crippen LogP contribution in [0, 0.1) is 5.41 Å². The van der Waals surface area contributed by atoms with E-state index in [0.717, 1.165) is 30.7 Å². The minimum Gasteiger partial charge on any atom is -0.497 e. The Morgan fingerprint density at radius 2 is 2.00 bits per heavy atom. The third kappa shape index (κ3) is 3.09. The molecular weight excluding hydrogens is 342 g/mol. The second-order valence-electron chi connectivity index (χ2n) is 7.59. The van der Waals surface area contributed by atoms with Crippen molar-refractivity contribution in [2.24, 2.45) is 12.5 Å². The van der Waals surface area contributed by atoms with Crippen LogP contribution < -0.4 is 4.74 Å². The molecule has 27 heavy (non-hydrogen) atoms. The summed E-state index contributed by atoms with van der Waals surface area (Å²) in [5.41, 5.74) is 1.32. The summed E-state index contributed by atoms with van der Waals surface area (Å²) in [4.78, 5) is 29.7. The Morgan fingerprint density at radius 3 is 2.74 bits per heavy atom. The Bertz CT molecular complexity index is 875. The van der Waals surface area contributed by atoms with Gasteiger partial charge in [-0.1, -0.05) is 12.1 Å². The van der Waals surface area contributed by atoms with E-state index in [1.165, 1.54) is 0 Å². The molecule has 2 aliphatic rings. The Hall–Kier alpha value is -2.76. The average molecular weight is 367 g/mol. The second kappa shape index (κ2) is 6.76. The van der Waals surface area contributed by atoms with E-state index in [2.05, 4.69) is 0 Å². The monoisotopic (exact) mass is 367 g/mol. The number of likely N-dealkylation sites (tertiary alicyclic amines) is 2. The van der Waals surface area contributed by atoms with Crippen molar-refractivity contribution < 1.29 is 14.3 Å². The number of aryl methyl sites for hydroxylation is 1. The van der Waals surface area contributed by atoms with Crippen molar-refractivity contribution in [1.29, 1.82) is 0 Å². The van der Waals surface area contributed by atoms with Crippen molar-refractivity contribution in [3.05, 3.63) is 53.9 Å². The molecule has 0 bridgehead atoms. The molecule has 6 nitrogen and oxygen atoms in total. The molecule has 142 valence electrons. The molecule has 2 saturated heterocycles. The molecule has 3 heterocycles. The predicted molar refractivity (Wildman–Crippen MR) is 101 cm³/mol. The van der Waals surface area contributed by atoms with E-state index < -0.39 is 5.41 Å². The maximum absolute atomic E-state index is 13.2. The molecule has 2 amide bonds. The lowest BCUT2D eigenvalue weighted by atomic mass is 9.85. The third-order valence-electron chi connectivity index (χ3n) is 5.91. The number of amides is 2. The first-order valence-corrected chi connectivity index (χ1v) is 9.35. The zero-order valence-corrected chi connectivity index (χ0v) is 15.9. The lowest BCUT2D eigenvalue weighted by molar-refractivity contribution is -0.135. The average Bonchev–Trinajstić information content (AvgIpc) is 3.38. The van der Waals surface area contributed by atoms with Crippen LogP contribution in [-0.2, 0) is 18.4 Å². The Balaban J connectivity index is 1.45. The van der Waals surface area contributed by atoms with Crippen molar-refractivity contribution in [3.63, 3.8) is 0 Å². The van der Waals surface area contributed by atoms with Crippen LogP contribution >= 0.6 is 0 Å². The molecule has 4 rings (SSSR count). The topological polar surface area (TPSA) is 54.8 Å². The highest BCUT2D eigenvalue weighted by atomic mass is 16.5. The summed E-state index contributed by atoms with van der Waals surface area (Å²) < 4.78 is 7.11. The molecule has 2 aliphatic heterocycles. The summed E-state index contributed by atoms with van der Waals surface area (Å²) in [6, 6.07) is 11.5. The van der Waals surface area contributed by atoms with Gasteiger partial charge in [0.2, 0.25) is 5.91 Å². The van der Waals surface area contributed by atoms with Gasteiger partial charge in [-0.2, -0.15) is 0 Å². The molecule has 0 radical (unpaired) electrons. The van der Waals surface area contributed by atoms with Gasteiger partial charge in [0.25, 0.3) is 5.91 Å². The molecule has 1 aromatic carbocycles. The zero-order valence-electron chi connectivity index (χ0n) is 15.9. The largest absolute Gasteiger partial charge is 0.497 e. The van der Waals surface area contributed by atoms with Gasteiger partial charge in [-0.25, -0.2) is 0 Å². The van der Waals surface area contributed by atoms with Gasteiger partial charge in [0.1, 0.15) is 11.4 Å². The molecule has 0 saturated carbocycles. The summed E-state index contributed by atoms with van der Waals surface area (Å²) in [5.74, 6) is 0.986. The van der Waals surface area contributed by atoms with E-state index in [1.54, 1.807) is 7.11 Å². The number of methoxy groups -OCH3 is 1. The van der Waals surface area contributed by atoms with Gasteiger partial charge in [0.05, 0.1) is 12.5 Å². The maximum atomic E-state index is 13.2. The summed E-state index contributed by atoms with van der Waals surface area (Å²) in [6.45, 7) is 2.49. The molecule has 1 spiro atoms. The van der Waals surface area contributed by atoms with E-state index in [-0.39, 0.29) is 11.8 Å². The fraction of sp³-hybridized carbons (Fsp3) is 0.429. The summed E-state index contributed by atoms with van der Waals surface area (Å²) >= 11 is 0. The molecule has 0 unspecified atom stereocenters. The summed E-state index contributed by atoms with van der Waals surface area (Å²) in [5, 5.41) is 0. The molecule has 0 N–H and O–H groups in total. The van der Waals surface area contributed by atoms with Gasteiger partial charge < -0.3 is 19.1 Å². The van der Waals surface area contributed by atoms with E-state index in [0.29, 0.717) is 25.3 Å². The Morgan fingerprint density at radius 1 is 1.19 bits per heavy atom. The lowest BCUT2D eigenvalue weighted by Crippen LogP contribution is -2.38. The van der Waals surface area contributed by atoms with Gasteiger partial charge in [0.15, 0.2) is 0 Å². The molecule has 2 fully saturated rings. The molecule has 6 heteroatoms. The number of aromatic nitrogens is 1. The van der Waals surface area contributed by atoms with E-state index >= 15 is 0 Å². The van der Waals surface area contributed by atoms with Crippen LogP contribution in [-0.4, -0.2) is 52.9 Å². The minimum atomic E-state index is -0.417. The number of carbonyl (C=O) groups is 2. The number of rotatable bonds is 4. The van der Waals surface area contributed by atoms with Crippen molar-refractivity contribution in [1.82, 2.24) is 14.4 Å². The van der Waals surface area contributed by atoms with Crippen LogP contribution in [0.3, 0.4) is 0 Å². The Labute approximate surface area is 159 Å². The van der Waals surface area contributed by atoms with E-state index in [4.69, 9.17) is 4.74 Å². The third-order valence-corrected chi connectivity index (χ3v) is 5.91. The van der Waals surface area contributed by atoms with E-state index in [9.17, 15) is 9.59 Å². The quantitative estimate of drug-likeness (QED) is 0.833. The molecule has 1 atom stereocenters. The number of benzene rings is 1. The number of nitrogens with zero attached hydrogens (tertiary/aromatic N) is 3. The van der Waals surface area contributed by atoms with E-state index in [1.807, 2.05) is 64.0 Å². The number of ether oxygens (including phenoxy) is 1. The van der Waals surface area contributed by atoms with Crippen LogP contribution in [0.2, 0.25) is 0 Å². The van der Waals surface area contributed by atoms with Crippen LogP contribution in [0.4, 0.5) is 0 Å². The SMILES string of the molecule is COc1cccc(CN2CC[C@@]3(CCN(C(=O)c4cccn4C)C3)C2=O)c1. The van der Waals surface area contributed by atoms with Crippen molar-refractivity contribution in [2.75, 3.05) is 26.7 Å². The highest BCUT2D eigenvalue weighted by Gasteiger charge is 2.51. The van der Waals surface area contributed by atoms with Crippen LogP contribution in [0.5, 0.6) is 5.75 Å². The van der Waals surface area contributed by atoms with Crippen molar-refractivity contribution >= 4 is 11.8 Å². The smallest absolute Gasteiger partial charge is 0.270 e. The first-order valence-electron chi connectivity index (χ1n) is 9.35. The lowest BCUT2D eigenvalue weighted by Gasteiger charge is -2.24. The van der Waals surface area contributed by atoms with Crippen LogP contribution in [0.1, 0.15) is 28.9 Å². The first kappa shape index (κ1) is 17.6. The number of hydrogen-bond donors (Lipinski definition) is 0. The summed E-state index contributed by atoms with van der Waals surface area (Å²) in [7, 11) is 3.52. The van der Waals surface area contributed by atoms with Crippen LogP contribution in [0.25, 0.3) is 0 Å². The number of hydrogen-bond acceptors (Lipinski definition) is 3. The maximum Gasteiger partial charge on any atom is 0.270 e. The van der Waals surface area contributed by atoms with Gasteiger partial charge in [-0.15, -0.1) is 0 Å².